The molecule has 3 nitrogen and oxygen atoms in total. The summed E-state index contributed by atoms with van der Waals surface area (Å²) in [6.45, 7) is 5.31. The molecular formula is C12H17N3S. The lowest BCUT2D eigenvalue weighted by Gasteiger charge is -2.14. The highest BCUT2D eigenvalue weighted by Crippen LogP contribution is 2.26. The molecule has 2 heterocycles. The van der Waals surface area contributed by atoms with E-state index in [1.807, 2.05) is 17.5 Å². The fourth-order valence-electron chi connectivity index (χ4n) is 1.66. The Morgan fingerprint density at radius 2 is 2.38 bits per heavy atom. The summed E-state index contributed by atoms with van der Waals surface area (Å²) >= 11 is 1.82. The third kappa shape index (κ3) is 2.51. The summed E-state index contributed by atoms with van der Waals surface area (Å²) in [5, 5.41) is 3.52. The topological polar surface area (TPSA) is 40.7 Å². The zero-order valence-corrected chi connectivity index (χ0v) is 10.5. The van der Waals surface area contributed by atoms with Crippen molar-refractivity contribution in [1.29, 1.82) is 0 Å². The zero-order chi connectivity index (χ0) is 11.4. The largest absolute Gasteiger partial charge is 0.347 e. The molecule has 0 aromatic carbocycles. The quantitative estimate of drug-likeness (QED) is 0.836. The molecule has 0 fully saturated rings. The van der Waals surface area contributed by atoms with E-state index < -0.39 is 0 Å². The molecular weight excluding hydrogens is 218 g/mol. The van der Waals surface area contributed by atoms with Gasteiger partial charge in [-0.1, -0.05) is 6.92 Å². The van der Waals surface area contributed by atoms with Crippen LogP contribution in [0.1, 0.15) is 35.0 Å². The second-order valence-electron chi connectivity index (χ2n) is 3.81. The molecule has 2 N–H and O–H groups in total. The number of nitrogens with one attached hydrogen (secondary N) is 2. The van der Waals surface area contributed by atoms with Crippen LogP contribution in [-0.4, -0.2) is 16.5 Å². The van der Waals surface area contributed by atoms with Crippen LogP contribution in [0, 0.1) is 6.92 Å². The SMILES string of the molecule is CCCNC(c1ncc[nH]1)c1ccc(C)s1. The van der Waals surface area contributed by atoms with Crippen LogP contribution >= 0.6 is 11.3 Å². The Bertz CT molecular complexity index is 419. The third-order valence-corrected chi connectivity index (χ3v) is 3.50. The van der Waals surface area contributed by atoms with Gasteiger partial charge in [0.1, 0.15) is 11.9 Å². The molecule has 0 saturated carbocycles. The number of rotatable bonds is 5. The van der Waals surface area contributed by atoms with Gasteiger partial charge in [0.15, 0.2) is 0 Å². The molecule has 0 bridgehead atoms. The molecule has 0 radical (unpaired) electrons. The first-order valence-electron chi connectivity index (χ1n) is 5.60. The van der Waals surface area contributed by atoms with Crippen LogP contribution in [0.2, 0.25) is 0 Å². The van der Waals surface area contributed by atoms with Crippen molar-refractivity contribution in [3.8, 4) is 0 Å². The summed E-state index contributed by atoms with van der Waals surface area (Å²) in [4.78, 5) is 10.2. The van der Waals surface area contributed by atoms with E-state index in [1.165, 1.54) is 9.75 Å². The van der Waals surface area contributed by atoms with Crippen molar-refractivity contribution in [2.75, 3.05) is 6.54 Å². The summed E-state index contributed by atoms with van der Waals surface area (Å²) in [5.41, 5.74) is 0. The van der Waals surface area contributed by atoms with E-state index in [9.17, 15) is 0 Å². The molecule has 0 aliphatic carbocycles. The average Bonchev–Trinajstić information content (AvgIpc) is 2.91. The second-order valence-corrected chi connectivity index (χ2v) is 5.13. The number of thiophene rings is 1. The van der Waals surface area contributed by atoms with E-state index in [2.05, 4.69) is 41.3 Å². The zero-order valence-electron chi connectivity index (χ0n) is 9.66. The van der Waals surface area contributed by atoms with Gasteiger partial charge in [-0.15, -0.1) is 11.3 Å². The van der Waals surface area contributed by atoms with Crippen molar-refractivity contribution >= 4 is 11.3 Å². The van der Waals surface area contributed by atoms with Gasteiger partial charge >= 0.3 is 0 Å². The Morgan fingerprint density at radius 3 is 2.94 bits per heavy atom. The van der Waals surface area contributed by atoms with Crippen LogP contribution in [0.4, 0.5) is 0 Å². The maximum Gasteiger partial charge on any atom is 0.128 e. The van der Waals surface area contributed by atoms with Crippen molar-refractivity contribution in [3.05, 3.63) is 40.1 Å². The highest BCUT2D eigenvalue weighted by atomic mass is 32.1. The molecule has 86 valence electrons. The first kappa shape index (κ1) is 11.4. The number of hydrogen-bond acceptors (Lipinski definition) is 3. The van der Waals surface area contributed by atoms with Gasteiger partial charge in [0, 0.05) is 22.1 Å². The van der Waals surface area contributed by atoms with Crippen LogP contribution in [-0.2, 0) is 0 Å². The molecule has 16 heavy (non-hydrogen) atoms. The number of hydrogen-bond donors (Lipinski definition) is 2. The number of aromatic amines is 1. The number of nitrogens with zero attached hydrogens (tertiary/aromatic N) is 1. The molecule has 0 aliphatic rings. The van der Waals surface area contributed by atoms with Crippen LogP contribution in [0.25, 0.3) is 0 Å². The number of imidazole rings is 1. The van der Waals surface area contributed by atoms with E-state index in [0.29, 0.717) is 0 Å². The predicted molar refractivity (Wildman–Crippen MR) is 67.8 cm³/mol. The number of aromatic nitrogens is 2. The third-order valence-electron chi connectivity index (χ3n) is 2.44. The normalized spacial score (nSPS) is 12.9. The first-order valence-corrected chi connectivity index (χ1v) is 6.42. The minimum atomic E-state index is 0.202. The standard InChI is InChI=1S/C12H17N3S/c1-3-6-13-11(12-14-7-8-15-12)10-5-4-9(2)16-10/h4-5,7-8,11,13H,3,6H2,1-2H3,(H,14,15). The van der Waals surface area contributed by atoms with Gasteiger partial charge in [-0.3, -0.25) is 0 Å². The van der Waals surface area contributed by atoms with Crippen molar-refractivity contribution < 1.29 is 0 Å². The van der Waals surface area contributed by atoms with Gasteiger partial charge in [0.05, 0.1) is 0 Å². The summed E-state index contributed by atoms with van der Waals surface area (Å²) in [7, 11) is 0. The van der Waals surface area contributed by atoms with Gasteiger partial charge in [0.25, 0.3) is 0 Å². The fourth-order valence-corrected chi connectivity index (χ4v) is 2.62. The number of aryl methyl sites for hydroxylation is 1. The highest BCUT2D eigenvalue weighted by Gasteiger charge is 2.16. The van der Waals surface area contributed by atoms with E-state index in [4.69, 9.17) is 0 Å². The summed E-state index contributed by atoms with van der Waals surface area (Å²) in [6.07, 6.45) is 4.80. The Balaban J connectivity index is 2.21. The highest BCUT2D eigenvalue weighted by molar-refractivity contribution is 7.12. The Hall–Kier alpha value is -1.13. The molecule has 2 aromatic rings. The van der Waals surface area contributed by atoms with Crippen LogP contribution < -0.4 is 5.32 Å². The molecule has 0 amide bonds. The summed E-state index contributed by atoms with van der Waals surface area (Å²) in [5.74, 6) is 0.996. The minimum absolute atomic E-state index is 0.202. The summed E-state index contributed by atoms with van der Waals surface area (Å²) < 4.78 is 0. The maximum absolute atomic E-state index is 4.34. The predicted octanol–water partition coefficient (Wildman–Crippen LogP) is 2.87. The average molecular weight is 235 g/mol. The Morgan fingerprint density at radius 1 is 1.50 bits per heavy atom. The monoisotopic (exact) mass is 235 g/mol. The van der Waals surface area contributed by atoms with E-state index in [1.54, 1.807) is 6.20 Å². The summed E-state index contributed by atoms with van der Waals surface area (Å²) in [6, 6.07) is 4.54. The first-order chi connectivity index (χ1) is 7.81. The Kier molecular flexibility index (Phi) is 3.74. The van der Waals surface area contributed by atoms with Gasteiger partial charge in [-0.05, 0) is 32.0 Å². The van der Waals surface area contributed by atoms with Gasteiger partial charge in [-0.25, -0.2) is 4.98 Å². The van der Waals surface area contributed by atoms with Crippen LogP contribution in [0.5, 0.6) is 0 Å². The molecule has 0 spiro atoms. The molecule has 0 saturated heterocycles. The maximum atomic E-state index is 4.34. The van der Waals surface area contributed by atoms with E-state index >= 15 is 0 Å². The molecule has 1 unspecified atom stereocenters. The van der Waals surface area contributed by atoms with Crippen LogP contribution in [0.15, 0.2) is 24.5 Å². The smallest absolute Gasteiger partial charge is 0.128 e. The van der Waals surface area contributed by atoms with Gasteiger partial charge in [0.2, 0.25) is 0 Å². The second kappa shape index (κ2) is 5.27. The molecule has 2 aromatic heterocycles. The fraction of sp³-hybridized carbons (Fsp3) is 0.417. The number of H-pyrrole nitrogens is 1. The Labute approximate surface area is 99.9 Å². The van der Waals surface area contributed by atoms with Crippen molar-refractivity contribution in [3.63, 3.8) is 0 Å². The van der Waals surface area contributed by atoms with E-state index in [0.717, 1.165) is 18.8 Å². The lowest BCUT2D eigenvalue weighted by molar-refractivity contribution is 0.584. The molecule has 2 rings (SSSR count). The molecule has 1 atom stereocenters. The van der Waals surface area contributed by atoms with Crippen molar-refractivity contribution in [1.82, 2.24) is 15.3 Å². The van der Waals surface area contributed by atoms with E-state index in [-0.39, 0.29) is 6.04 Å². The van der Waals surface area contributed by atoms with Crippen molar-refractivity contribution in [2.24, 2.45) is 0 Å². The van der Waals surface area contributed by atoms with Gasteiger partial charge in [-0.2, -0.15) is 0 Å². The molecule has 0 aliphatic heterocycles. The van der Waals surface area contributed by atoms with Crippen LogP contribution in [0.3, 0.4) is 0 Å². The lowest BCUT2D eigenvalue weighted by Crippen LogP contribution is -2.23. The van der Waals surface area contributed by atoms with Crippen molar-refractivity contribution in [2.45, 2.75) is 26.3 Å². The lowest BCUT2D eigenvalue weighted by atomic mass is 10.2. The van der Waals surface area contributed by atoms with Gasteiger partial charge < -0.3 is 10.3 Å². The minimum Gasteiger partial charge on any atom is -0.347 e. The molecule has 4 heteroatoms.